The number of carbonyl (C=O) groups is 2. The van der Waals surface area contributed by atoms with E-state index in [-0.39, 0.29) is 22.8 Å². The zero-order valence-corrected chi connectivity index (χ0v) is 9.12. The molecular formula is C10H11NO5. The molecule has 16 heavy (non-hydrogen) atoms. The first-order valence-corrected chi connectivity index (χ1v) is 4.41. The Hall–Kier alpha value is -2.11. The third-order valence-corrected chi connectivity index (χ3v) is 2.00. The van der Waals surface area contributed by atoms with E-state index in [1.807, 2.05) is 0 Å². The lowest BCUT2D eigenvalue weighted by molar-refractivity contribution is 0.0597. The van der Waals surface area contributed by atoms with Crippen molar-refractivity contribution in [2.45, 2.75) is 6.92 Å². The first kappa shape index (κ1) is 12.0. The number of ether oxygens (including phenoxy) is 2. The van der Waals surface area contributed by atoms with Crippen molar-refractivity contribution >= 4 is 11.8 Å². The Morgan fingerprint density at radius 2 is 1.94 bits per heavy atom. The number of hydrogen-bond acceptors (Lipinski definition) is 5. The predicted octanol–water partition coefficient (Wildman–Crippen LogP) is 0.373. The number of nitrogens with one attached hydrogen (secondary N) is 1. The molecule has 0 saturated carbocycles. The van der Waals surface area contributed by atoms with E-state index in [0.29, 0.717) is 0 Å². The van der Waals surface area contributed by atoms with Crippen molar-refractivity contribution in [1.29, 1.82) is 0 Å². The number of Topliss-reactive ketones (excluding diaryl/α,β-unsaturated/α-hetero) is 1. The zero-order chi connectivity index (χ0) is 12.3. The van der Waals surface area contributed by atoms with Gasteiger partial charge in [-0.25, -0.2) is 4.79 Å². The molecule has 1 aromatic heterocycles. The lowest BCUT2D eigenvalue weighted by Crippen LogP contribution is -2.21. The van der Waals surface area contributed by atoms with Crippen LogP contribution < -0.4 is 10.2 Å². The van der Waals surface area contributed by atoms with Crippen LogP contribution in [0.5, 0.6) is 5.75 Å². The van der Waals surface area contributed by atoms with Gasteiger partial charge in [0.15, 0.2) is 11.5 Å². The molecule has 0 unspecified atom stereocenters. The molecule has 0 saturated heterocycles. The van der Waals surface area contributed by atoms with Gasteiger partial charge in [-0.05, 0) is 0 Å². The van der Waals surface area contributed by atoms with Crippen LogP contribution in [0.2, 0.25) is 0 Å². The van der Waals surface area contributed by atoms with Gasteiger partial charge in [-0.3, -0.25) is 9.59 Å². The van der Waals surface area contributed by atoms with E-state index in [2.05, 4.69) is 9.72 Å². The number of pyridine rings is 1. The highest BCUT2D eigenvalue weighted by atomic mass is 16.5. The molecule has 86 valence electrons. The Bertz CT molecular complexity index is 488. The Balaban J connectivity index is 3.46. The van der Waals surface area contributed by atoms with E-state index in [4.69, 9.17) is 4.74 Å². The topological polar surface area (TPSA) is 85.5 Å². The summed E-state index contributed by atoms with van der Waals surface area (Å²) in [5, 5.41) is 0. The second kappa shape index (κ2) is 4.61. The summed E-state index contributed by atoms with van der Waals surface area (Å²) in [7, 11) is 2.41. The van der Waals surface area contributed by atoms with Gasteiger partial charge in [0.05, 0.1) is 14.2 Å². The summed E-state index contributed by atoms with van der Waals surface area (Å²) in [6.07, 6.45) is 1.13. The summed E-state index contributed by atoms with van der Waals surface area (Å²) in [4.78, 5) is 36.6. The van der Waals surface area contributed by atoms with Crippen LogP contribution in [0.1, 0.15) is 27.8 Å². The fourth-order valence-corrected chi connectivity index (χ4v) is 1.23. The highest BCUT2D eigenvalue weighted by Gasteiger charge is 2.19. The highest BCUT2D eigenvalue weighted by Crippen LogP contribution is 2.11. The number of ketones is 1. The van der Waals surface area contributed by atoms with Crippen LogP contribution in [0.4, 0.5) is 0 Å². The summed E-state index contributed by atoms with van der Waals surface area (Å²) >= 11 is 0. The SMILES string of the molecule is COC(=O)c1c[nH]c(C(C)=O)c(OC)c1=O. The molecule has 1 aromatic rings. The number of aromatic amines is 1. The van der Waals surface area contributed by atoms with Crippen LogP contribution in [0, 0.1) is 0 Å². The summed E-state index contributed by atoms with van der Waals surface area (Å²) in [5.74, 6) is -1.32. The molecule has 0 atom stereocenters. The lowest BCUT2D eigenvalue weighted by Gasteiger charge is -2.06. The summed E-state index contributed by atoms with van der Waals surface area (Å²) < 4.78 is 9.22. The second-order valence-corrected chi connectivity index (χ2v) is 2.99. The number of aromatic nitrogens is 1. The monoisotopic (exact) mass is 225 g/mol. The molecule has 0 aliphatic rings. The first-order chi connectivity index (χ1) is 7.52. The summed E-state index contributed by atoms with van der Waals surface area (Å²) in [6, 6.07) is 0. The minimum absolute atomic E-state index is 0.0279. The lowest BCUT2D eigenvalue weighted by atomic mass is 10.2. The summed E-state index contributed by atoms with van der Waals surface area (Å²) in [5.41, 5.74) is -0.845. The molecular weight excluding hydrogens is 214 g/mol. The largest absolute Gasteiger partial charge is 0.491 e. The average Bonchev–Trinajstić information content (AvgIpc) is 2.27. The molecule has 0 fully saturated rings. The van der Waals surface area contributed by atoms with Gasteiger partial charge >= 0.3 is 5.97 Å². The normalized spacial score (nSPS) is 9.69. The molecule has 6 heteroatoms. The highest BCUT2D eigenvalue weighted by molar-refractivity contribution is 5.96. The van der Waals surface area contributed by atoms with Crippen molar-refractivity contribution in [2.75, 3.05) is 14.2 Å². The number of H-pyrrole nitrogens is 1. The number of carbonyl (C=O) groups excluding carboxylic acids is 2. The van der Waals surface area contributed by atoms with Crippen molar-refractivity contribution in [3.63, 3.8) is 0 Å². The van der Waals surface area contributed by atoms with Crippen molar-refractivity contribution in [2.24, 2.45) is 0 Å². The quantitative estimate of drug-likeness (QED) is 0.593. The number of esters is 1. The van der Waals surface area contributed by atoms with Crippen LogP contribution in [0.15, 0.2) is 11.0 Å². The van der Waals surface area contributed by atoms with Crippen molar-refractivity contribution in [3.05, 3.63) is 27.7 Å². The van der Waals surface area contributed by atoms with Gasteiger partial charge in [0.25, 0.3) is 0 Å². The predicted molar refractivity (Wildman–Crippen MR) is 55.0 cm³/mol. The average molecular weight is 225 g/mol. The third kappa shape index (κ3) is 1.95. The molecule has 6 nitrogen and oxygen atoms in total. The van der Waals surface area contributed by atoms with E-state index in [9.17, 15) is 14.4 Å². The van der Waals surface area contributed by atoms with E-state index >= 15 is 0 Å². The van der Waals surface area contributed by atoms with Crippen LogP contribution in [-0.2, 0) is 4.74 Å². The summed E-state index contributed by atoms with van der Waals surface area (Å²) in [6.45, 7) is 1.28. The minimum atomic E-state index is -0.783. The van der Waals surface area contributed by atoms with Gasteiger partial charge in [0.1, 0.15) is 11.3 Å². The van der Waals surface area contributed by atoms with Gasteiger partial charge in [-0.15, -0.1) is 0 Å². The molecule has 1 heterocycles. The molecule has 0 amide bonds. The minimum Gasteiger partial charge on any atom is -0.491 e. The molecule has 0 aliphatic carbocycles. The van der Waals surface area contributed by atoms with Gasteiger partial charge < -0.3 is 14.5 Å². The maximum atomic E-state index is 11.7. The van der Waals surface area contributed by atoms with Gasteiger partial charge in [0.2, 0.25) is 5.43 Å². The fraction of sp³-hybridized carbons (Fsp3) is 0.300. The van der Waals surface area contributed by atoms with Crippen LogP contribution in [0.25, 0.3) is 0 Å². The van der Waals surface area contributed by atoms with Crippen molar-refractivity contribution in [3.8, 4) is 5.75 Å². The first-order valence-electron chi connectivity index (χ1n) is 4.41. The molecule has 0 aliphatic heterocycles. The van der Waals surface area contributed by atoms with Crippen LogP contribution in [-0.4, -0.2) is 31.0 Å². The van der Waals surface area contributed by atoms with Crippen molar-refractivity contribution in [1.82, 2.24) is 4.98 Å². The third-order valence-electron chi connectivity index (χ3n) is 2.00. The molecule has 0 aromatic carbocycles. The maximum Gasteiger partial charge on any atom is 0.343 e. The zero-order valence-electron chi connectivity index (χ0n) is 9.12. The molecule has 0 bridgehead atoms. The van der Waals surface area contributed by atoms with Crippen molar-refractivity contribution < 1.29 is 19.1 Å². The van der Waals surface area contributed by atoms with Gasteiger partial charge in [0, 0.05) is 13.1 Å². The Labute approximate surface area is 91.2 Å². The van der Waals surface area contributed by atoms with E-state index in [1.54, 1.807) is 0 Å². The van der Waals surface area contributed by atoms with Gasteiger partial charge in [-0.1, -0.05) is 0 Å². The van der Waals surface area contributed by atoms with E-state index in [0.717, 1.165) is 13.3 Å². The standard InChI is InChI=1S/C10H11NO5/c1-5(12)7-9(15-2)8(13)6(4-11-7)10(14)16-3/h4H,1-3H3,(H,11,13). The number of hydrogen-bond donors (Lipinski definition) is 1. The van der Waals surface area contributed by atoms with E-state index in [1.165, 1.54) is 14.0 Å². The molecule has 0 radical (unpaired) electrons. The fourth-order valence-electron chi connectivity index (χ4n) is 1.23. The van der Waals surface area contributed by atoms with Crippen LogP contribution in [0.3, 0.4) is 0 Å². The van der Waals surface area contributed by atoms with Crippen LogP contribution >= 0.6 is 0 Å². The number of rotatable bonds is 3. The molecule has 1 rings (SSSR count). The maximum absolute atomic E-state index is 11.7. The Morgan fingerprint density at radius 1 is 1.31 bits per heavy atom. The van der Waals surface area contributed by atoms with E-state index < -0.39 is 11.4 Å². The smallest absolute Gasteiger partial charge is 0.343 e. The second-order valence-electron chi connectivity index (χ2n) is 2.99. The van der Waals surface area contributed by atoms with Gasteiger partial charge in [-0.2, -0.15) is 0 Å². The Kier molecular flexibility index (Phi) is 3.44. The Morgan fingerprint density at radius 3 is 2.38 bits per heavy atom. The molecule has 0 spiro atoms. The number of methoxy groups -OCH3 is 2. The molecule has 1 N–H and O–H groups in total.